The van der Waals surface area contributed by atoms with Gasteiger partial charge in [-0.15, -0.1) is 0 Å². The SMILES string of the molecule is C=C1C(CO)C(O)CC1n1cnc2c(=O)n(OS(C)(=O)=O)c(N)nc21. The van der Waals surface area contributed by atoms with Crippen LogP contribution in [0.1, 0.15) is 12.5 Å². The molecular weight excluding hydrogens is 354 g/mol. The first-order valence-corrected chi connectivity index (χ1v) is 9.08. The summed E-state index contributed by atoms with van der Waals surface area (Å²) in [5.74, 6) is -0.957. The van der Waals surface area contributed by atoms with Crippen molar-refractivity contribution in [3.8, 4) is 0 Å². The van der Waals surface area contributed by atoms with Gasteiger partial charge in [0, 0.05) is 5.92 Å². The molecule has 2 heterocycles. The molecule has 4 N–H and O–H groups in total. The van der Waals surface area contributed by atoms with E-state index in [0.29, 0.717) is 10.3 Å². The molecular formula is C13H17N5O6S. The minimum Gasteiger partial charge on any atom is -0.396 e. The molecule has 1 saturated carbocycles. The van der Waals surface area contributed by atoms with Gasteiger partial charge < -0.3 is 20.5 Å². The number of nitrogen functional groups attached to an aromatic ring is 1. The molecule has 136 valence electrons. The van der Waals surface area contributed by atoms with Crippen LogP contribution in [-0.4, -0.2) is 56.9 Å². The summed E-state index contributed by atoms with van der Waals surface area (Å²) in [5, 5.41) is 19.4. The van der Waals surface area contributed by atoms with E-state index in [9.17, 15) is 23.4 Å². The third-order valence-electron chi connectivity index (χ3n) is 4.16. The first-order chi connectivity index (χ1) is 11.6. The van der Waals surface area contributed by atoms with Crippen molar-refractivity contribution in [1.82, 2.24) is 19.3 Å². The molecule has 3 atom stereocenters. The van der Waals surface area contributed by atoms with E-state index < -0.39 is 39.7 Å². The fraction of sp³-hybridized carbons (Fsp3) is 0.462. The van der Waals surface area contributed by atoms with E-state index in [1.165, 1.54) is 10.9 Å². The summed E-state index contributed by atoms with van der Waals surface area (Å²) in [6.45, 7) is 3.64. The van der Waals surface area contributed by atoms with E-state index >= 15 is 0 Å². The fourth-order valence-corrected chi connectivity index (χ4v) is 3.39. The lowest BCUT2D eigenvalue weighted by atomic mass is 10.0. The second-order valence-electron chi connectivity index (χ2n) is 5.86. The van der Waals surface area contributed by atoms with Crippen molar-refractivity contribution < 1.29 is 22.9 Å². The molecule has 1 aliphatic rings. The van der Waals surface area contributed by atoms with Crippen LogP contribution in [0.2, 0.25) is 0 Å². The molecule has 3 unspecified atom stereocenters. The van der Waals surface area contributed by atoms with E-state index in [1.807, 2.05) is 0 Å². The number of aliphatic hydroxyl groups is 2. The standard InChI is InChI=1S/C13H17N5O6S/c1-6-7(4-19)9(20)3-8(6)17-5-15-10-11(17)16-13(14)18(12(10)21)24-25(2,22)23/h5,7-9,19-20H,1,3-4H2,2H3,(H2,14,16). The van der Waals surface area contributed by atoms with Gasteiger partial charge in [0.1, 0.15) is 0 Å². The van der Waals surface area contributed by atoms with Gasteiger partial charge in [0.05, 0.1) is 31.3 Å². The van der Waals surface area contributed by atoms with Gasteiger partial charge in [-0.25, -0.2) is 4.98 Å². The molecule has 0 aromatic carbocycles. The maximum atomic E-state index is 12.4. The Morgan fingerprint density at radius 1 is 1.52 bits per heavy atom. The average Bonchev–Trinajstić information content (AvgIpc) is 3.03. The summed E-state index contributed by atoms with van der Waals surface area (Å²) in [5.41, 5.74) is 5.30. The van der Waals surface area contributed by atoms with Crippen molar-refractivity contribution in [2.24, 2.45) is 5.92 Å². The zero-order chi connectivity index (χ0) is 18.5. The minimum absolute atomic E-state index is 0.104. The normalized spacial score (nSPS) is 24.1. The number of aromatic nitrogens is 4. The Hall–Kier alpha value is -2.44. The van der Waals surface area contributed by atoms with Crippen LogP contribution in [0.15, 0.2) is 23.3 Å². The second-order valence-corrected chi connectivity index (χ2v) is 7.41. The number of hydrogen-bond acceptors (Lipinski definition) is 9. The highest BCUT2D eigenvalue weighted by atomic mass is 32.2. The van der Waals surface area contributed by atoms with Crippen molar-refractivity contribution in [2.45, 2.75) is 18.6 Å². The molecule has 0 spiro atoms. The molecule has 0 saturated heterocycles. The Morgan fingerprint density at radius 2 is 2.20 bits per heavy atom. The Balaban J connectivity index is 2.12. The van der Waals surface area contributed by atoms with Crippen LogP contribution < -0.4 is 15.6 Å². The van der Waals surface area contributed by atoms with Gasteiger partial charge in [-0.3, -0.25) is 9.08 Å². The fourth-order valence-electron chi connectivity index (χ4n) is 2.98. The van der Waals surface area contributed by atoms with Crippen LogP contribution in [-0.2, 0) is 10.1 Å². The summed E-state index contributed by atoms with van der Waals surface area (Å²) in [6, 6.07) is -0.435. The molecule has 3 rings (SSSR count). The molecule has 11 nitrogen and oxygen atoms in total. The number of nitrogens with zero attached hydrogens (tertiary/aromatic N) is 4. The zero-order valence-electron chi connectivity index (χ0n) is 13.2. The van der Waals surface area contributed by atoms with Crippen molar-refractivity contribution in [2.75, 3.05) is 18.6 Å². The van der Waals surface area contributed by atoms with Gasteiger partial charge in [-0.2, -0.15) is 13.4 Å². The number of rotatable bonds is 4. The Kier molecular flexibility index (Phi) is 4.05. The highest BCUT2D eigenvalue weighted by Crippen LogP contribution is 2.39. The van der Waals surface area contributed by atoms with Crippen molar-refractivity contribution in [1.29, 1.82) is 0 Å². The molecule has 12 heteroatoms. The van der Waals surface area contributed by atoms with Gasteiger partial charge >= 0.3 is 15.7 Å². The third kappa shape index (κ3) is 2.88. The van der Waals surface area contributed by atoms with Crippen molar-refractivity contribution in [3.05, 3.63) is 28.8 Å². The lowest BCUT2D eigenvalue weighted by molar-refractivity contribution is 0.101. The summed E-state index contributed by atoms with van der Waals surface area (Å²) in [6.07, 6.45) is 1.57. The van der Waals surface area contributed by atoms with Crippen LogP contribution >= 0.6 is 0 Å². The summed E-state index contributed by atoms with van der Waals surface area (Å²) < 4.78 is 28.9. The quantitative estimate of drug-likeness (QED) is 0.517. The van der Waals surface area contributed by atoms with Crippen LogP contribution in [0.5, 0.6) is 0 Å². The topological polar surface area (TPSA) is 163 Å². The summed E-state index contributed by atoms with van der Waals surface area (Å²) >= 11 is 0. The van der Waals surface area contributed by atoms with E-state index in [2.05, 4.69) is 20.8 Å². The van der Waals surface area contributed by atoms with Crippen LogP contribution in [0.25, 0.3) is 11.2 Å². The minimum atomic E-state index is -3.99. The van der Waals surface area contributed by atoms with E-state index in [-0.39, 0.29) is 24.2 Å². The highest BCUT2D eigenvalue weighted by Gasteiger charge is 2.38. The van der Waals surface area contributed by atoms with Crippen LogP contribution in [0.3, 0.4) is 0 Å². The number of aliphatic hydroxyl groups excluding tert-OH is 2. The number of hydrogen-bond donors (Lipinski definition) is 3. The molecule has 0 amide bonds. The number of fused-ring (bicyclic) bond motifs is 1. The Morgan fingerprint density at radius 3 is 2.76 bits per heavy atom. The maximum Gasteiger partial charge on any atom is 0.324 e. The Bertz CT molecular complexity index is 1010. The van der Waals surface area contributed by atoms with Crippen LogP contribution in [0.4, 0.5) is 5.95 Å². The molecule has 0 bridgehead atoms. The molecule has 1 fully saturated rings. The van der Waals surface area contributed by atoms with Gasteiger partial charge in [0.25, 0.3) is 0 Å². The largest absolute Gasteiger partial charge is 0.396 e. The first kappa shape index (κ1) is 17.4. The highest BCUT2D eigenvalue weighted by molar-refractivity contribution is 7.86. The van der Waals surface area contributed by atoms with Crippen LogP contribution in [0, 0.1) is 5.92 Å². The smallest absolute Gasteiger partial charge is 0.324 e. The van der Waals surface area contributed by atoms with E-state index in [4.69, 9.17) is 5.73 Å². The van der Waals surface area contributed by atoms with Gasteiger partial charge in [0.2, 0.25) is 5.95 Å². The van der Waals surface area contributed by atoms with Gasteiger partial charge in [-0.05, 0) is 12.0 Å². The number of imidazole rings is 1. The van der Waals surface area contributed by atoms with Gasteiger partial charge in [-0.1, -0.05) is 11.3 Å². The molecule has 0 aliphatic heterocycles. The van der Waals surface area contributed by atoms with Crippen molar-refractivity contribution in [3.63, 3.8) is 0 Å². The lowest BCUT2D eigenvalue weighted by Crippen LogP contribution is -2.33. The predicted molar refractivity (Wildman–Crippen MR) is 87.0 cm³/mol. The molecule has 25 heavy (non-hydrogen) atoms. The zero-order valence-corrected chi connectivity index (χ0v) is 14.0. The molecule has 2 aromatic heterocycles. The van der Waals surface area contributed by atoms with Crippen molar-refractivity contribution >= 4 is 27.2 Å². The predicted octanol–water partition coefficient (Wildman–Crippen LogP) is -1.97. The number of nitrogens with two attached hydrogens (primary N) is 1. The van der Waals surface area contributed by atoms with E-state index in [1.54, 1.807) is 0 Å². The Labute approximate surface area is 142 Å². The van der Waals surface area contributed by atoms with E-state index in [0.717, 1.165) is 6.26 Å². The summed E-state index contributed by atoms with van der Waals surface area (Å²) in [4.78, 5) is 20.3. The maximum absolute atomic E-state index is 12.4. The molecule has 0 radical (unpaired) electrons. The average molecular weight is 371 g/mol. The molecule has 2 aromatic rings. The van der Waals surface area contributed by atoms with Gasteiger partial charge in [0.15, 0.2) is 11.2 Å². The monoisotopic (exact) mass is 371 g/mol. The second kappa shape index (κ2) is 5.82. The lowest BCUT2D eigenvalue weighted by Gasteiger charge is -2.16. The number of anilines is 1. The third-order valence-corrected chi connectivity index (χ3v) is 4.58. The first-order valence-electron chi connectivity index (χ1n) is 7.26. The molecule has 1 aliphatic carbocycles. The summed E-state index contributed by atoms with van der Waals surface area (Å²) in [7, 11) is -3.99.